The molecule has 1 atom stereocenters. The minimum absolute atomic E-state index is 0.137. The number of carbonyl (C=O) groups is 1. The molecule has 0 aromatic rings. The van der Waals surface area contributed by atoms with Crippen molar-refractivity contribution < 1.29 is 9.53 Å². The van der Waals surface area contributed by atoms with E-state index in [4.69, 9.17) is 4.74 Å². The average Bonchev–Trinajstić information content (AvgIpc) is 2.34. The van der Waals surface area contributed by atoms with Gasteiger partial charge in [-0.3, -0.25) is 4.79 Å². The summed E-state index contributed by atoms with van der Waals surface area (Å²) < 4.78 is 5.08. The van der Waals surface area contributed by atoms with Gasteiger partial charge in [0, 0.05) is 12.1 Å². The van der Waals surface area contributed by atoms with Gasteiger partial charge in [-0.05, 0) is 47.2 Å². The summed E-state index contributed by atoms with van der Waals surface area (Å²) in [5.74, 6) is -0.137. The van der Waals surface area contributed by atoms with Crippen molar-refractivity contribution >= 4 is 5.97 Å². The van der Waals surface area contributed by atoms with Crippen molar-refractivity contribution in [1.82, 2.24) is 10.2 Å². The third-order valence-electron chi connectivity index (χ3n) is 3.67. The maximum Gasteiger partial charge on any atom is 0.323 e. The fraction of sp³-hybridized carbons (Fsp3) is 0.929. The molecule has 1 unspecified atom stereocenters. The summed E-state index contributed by atoms with van der Waals surface area (Å²) in [5, 5.41) is 3.19. The Morgan fingerprint density at radius 1 is 1.33 bits per heavy atom. The smallest absolute Gasteiger partial charge is 0.323 e. The van der Waals surface area contributed by atoms with Crippen molar-refractivity contribution in [3.8, 4) is 0 Å². The lowest BCUT2D eigenvalue weighted by Crippen LogP contribution is -2.45. The maximum absolute atomic E-state index is 11.8. The molecule has 0 aliphatic carbocycles. The Bertz CT molecular complexity index is 242. The molecule has 0 heterocycles. The highest BCUT2D eigenvalue weighted by molar-refractivity contribution is 5.75. The van der Waals surface area contributed by atoms with Gasteiger partial charge in [-0.25, -0.2) is 0 Å². The highest BCUT2D eigenvalue weighted by Crippen LogP contribution is 2.16. The summed E-state index contributed by atoms with van der Waals surface area (Å²) in [6.45, 7) is 12.6. The topological polar surface area (TPSA) is 41.6 Å². The molecule has 0 rings (SSSR count). The second-order valence-electron chi connectivity index (χ2n) is 5.24. The van der Waals surface area contributed by atoms with E-state index < -0.39 is 0 Å². The molecule has 108 valence electrons. The Morgan fingerprint density at radius 3 is 2.39 bits per heavy atom. The van der Waals surface area contributed by atoms with Crippen molar-refractivity contribution in [1.29, 1.82) is 0 Å². The minimum atomic E-state index is -0.190. The Labute approximate surface area is 112 Å². The molecule has 4 heteroatoms. The third-order valence-corrected chi connectivity index (χ3v) is 3.67. The first kappa shape index (κ1) is 17.4. The van der Waals surface area contributed by atoms with Gasteiger partial charge in [0.05, 0.1) is 6.61 Å². The molecular weight excluding hydrogens is 228 g/mol. The summed E-state index contributed by atoms with van der Waals surface area (Å²) in [6, 6.07) is -0.190. The van der Waals surface area contributed by atoms with E-state index in [-0.39, 0.29) is 17.6 Å². The Kier molecular flexibility index (Phi) is 8.20. The van der Waals surface area contributed by atoms with Gasteiger partial charge in [0.1, 0.15) is 6.04 Å². The van der Waals surface area contributed by atoms with E-state index in [1.54, 1.807) is 0 Å². The van der Waals surface area contributed by atoms with Crippen LogP contribution in [0.3, 0.4) is 0 Å². The van der Waals surface area contributed by atoms with Crippen LogP contribution in [-0.4, -0.2) is 49.2 Å². The first-order chi connectivity index (χ1) is 8.38. The molecule has 18 heavy (non-hydrogen) atoms. The molecule has 0 aliphatic rings. The number of rotatable bonds is 9. The third kappa shape index (κ3) is 5.83. The number of hydrogen-bond acceptors (Lipinski definition) is 4. The van der Waals surface area contributed by atoms with Gasteiger partial charge in [-0.1, -0.05) is 13.8 Å². The summed E-state index contributed by atoms with van der Waals surface area (Å²) in [5.41, 5.74) is 0.172. The largest absolute Gasteiger partial charge is 0.465 e. The zero-order chi connectivity index (χ0) is 14.2. The number of carbonyl (C=O) groups excluding carboxylic acids is 1. The van der Waals surface area contributed by atoms with Crippen LogP contribution in [0.2, 0.25) is 0 Å². The number of nitrogens with zero attached hydrogens (tertiary/aromatic N) is 1. The highest BCUT2D eigenvalue weighted by atomic mass is 16.5. The maximum atomic E-state index is 11.8. The van der Waals surface area contributed by atoms with Crippen LogP contribution in [0.5, 0.6) is 0 Å². The van der Waals surface area contributed by atoms with E-state index in [9.17, 15) is 4.79 Å². The highest BCUT2D eigenvalue weighted by Gasteiger charge is 2.24. The standard InChI is InChI=1S/C14H30N2O2/c1-7-14(4,5)16(6)11-10-12(15-8-2)13(17)18-9-3/h12,15H,7-11H2,1-6H3. The normalized spacial score (nSPS) is 13.7. The Hall–Kier alpha value is -0.610. The zero-order valence-corrected chi connectivity index (χ0v) is 12.9. The molecule has 0 spiro atoms. The van der Waals surface area contributed by atoms with Gasteiger partial charge in [-0.15, -0.1) is 0 Å². The first-order valence-electron chi connectivity index (χ1n) is 7.00. The molecule has 0 aromatic carbocycles. The molecule has 0 aliphatic heterocycles. The van der Waals surface area contributed by atoms with E-state index in [0.717, 1.165) is 25.9 Å². The second kappa shape index (κ2) is 8.48. The van der Waals surface area contributed by atoms with Crippen LogP contribution in [0, 0.1) is 0 Å². The number of hydrogen-bond donors (Lipinski definition) is 1. The van der Waals surface area contributed by atoms with Gasteiger partial charge in [0.2, 0.25) is 0 Å². The zero-order valence-electron chi connectivity index (χ0n) is 12.9. The van der Waals surface area contributed by atoms with Gasteiger partial charge in [0.25, 0.3) is 0 Å². The molecule has 0 bridgehead atoms. The molecular formula is C14H30N2O2. The van der Waals surface area contributed by atoms with Crippen molar-refractivity contribution in [3.63, 3.8) is 0 Å². The van der Waals surface area contributed by atoms with E-state index >= 15 is 0 Å². The quantitative estimate of drug-likeness (QED) is 0.643. The fourth-order valence-electron chi connectivity index (χ4n) is 1.69. The Balaban J connectivity index is 4.30. The molecule has 0 saturated carbocycles. The van der Waals surface area contributed by atoms with E-state index in [1.165, 1.54) is 0 Å². The molecule has 0 radical (unpaired) electrons. The number of esters is 1. The number of likely N-dealkylation sites (N-methyl/N-ethyl adjacent to an activating group) is 1. The van der Waals surface area contributed by atoms with Crippen LogP contribution in [0.15, 0.2) is 0 Å². The van der Waals surface area contributed by atoms with Crippen LogP contribution in [0.4, 0.5) is 0 Å². The number of ether oxygens (including phenoxy) is 1. The lowest BCUT2D eigenvalue weighted by atomic mass is 9.99. The van der Waals surface area contributed by atoms with Gasteiger partial charge >= 0.3 is 5.97 Å². The summed E-state index contributed by atoms with van der Waals surface area (Å²) in [4.78, 5) is 14.1. The fourth-order valence-corrected chi connectivity index (χ4v) is 1.69. The van der Waals surface area contributed by atoms with Crippen molar-refractivity contribution in [2.75, 3.05) is 26.7 Å². The lowest BCUT2D eigenvalue weighted by molar-refractivity contribution is -0.146. The molecule has 0 aromatic heterocycles. The van der Waals surface area contributed by atoms with Crippen LogP contribution in [-0.2, 0) is 9.53 Å². The van der Waals surface area contributed by atoms with Crippen LogP contribution >= 0.6 is 0 Å². The Morgan fingerprint density at radius 2 is 1.94 bits per heavy atom. The second-order valence-corrected chi connectivity index (χ2v) is 5.24. The number of nitrogens with one attached hydrogen (secondary N) is 1. The average molecular weight is 258 g/mol. The van der Waals surface area contributed by atoms with Crippen LogP contribution in [0.25, 0.3) is 0 Å². The van der Waals surface area contributed by atoms with Crippen LogP contribution < -0.4 is 5.32 Å². The summed E-state index contributed by atoms with van der Waals surface area (Å²) in [7, 11) is 2.11. The van der Waals surface area contributed by atoms with Crippen LogP contribution in [0.1, 0.15) is 47.5 Å². The van der Waals surface area contributed by atoms with Crippen molar-refractivity contribution in [2.45, 2.75) is 59.0 Å². The molecule has 0 amide bonds. The van der Waals surface area contributed by atoms with E-state index in [0.29, 0.717) is 6.61 Å². The minimum Gasteiger partial charge on any atom is -0.465 e. The summed E-state index contributed by atoms with van der Waals surface area (Å²) >= 11 is 0. The van der Waals surface area contributed by atoms with Crippen molar-refractivity contribution in [3.05, 3.63) is 0 Å². The molecule has 0 saturated heterocycles. The molecule has 1 N–H and O–H groups in total. The van der Waals surface area contributed by atoms with Gasteiger partial charge in [-0.2, -0.15) is 0 Å². The van der Waals surface area contributed by atoms with Gasteiger partial charge < -0.3 is 15.0 Å². The monoisotopic (exact) mass is 258 g/mol. The van der Waals surface area contributed by atoms with E-state index in [2.05, 4.69) is 38.0 Å². The van der Waals surface area contributed by atoms with Crippen molar-refractivity contribution in [2.24, 2.45) is 0 Å². The predicted octanol–water partition coefficient (Wildman–Crippen LogP) is 2.04. The van der Waals surface area contributed by atoms with Gasteiger partial charge in [0.15, 0.2) is 0 Å². The summed E-state index contributed by atoms with van der Waals surface area (Å²) in [6.07, 6.45) is 1.88. The first-order valence-corrected chi connectivity index (χ1v) is 7.00. The lowest BCUT2D eigenvalue weighted by Gasteiger charge is -2.35. The van der Waals surface area contributed by atoms with E-state index in [1.807, 2.05) is 13.8 Å². The SMILES string of the molecule is CCNC(CCN(C)C(C)(C)CC)C(=O)OCC. The molecule has 4 nitrogen and oxygen atoms in total. The molecule has 0 fully saturated rings. The predicted molar refractivity (Wildman–Crippen MR) is 75.7 cm³/mol.